The van der Waals surface area contributed by atoms with Gasteiger partial charge in [-0.15, -0.1) is 5.10 Å². The highest BCUT2D eigenvalue weighted by Gasteiger charge is 2.17. The summed E-state index contributed by atoms with van der Waals surface area (Å²) in [4.78, 5) is 0. The number of aryl methyl sites for hydroxylation is 1. The lowest BCUT2D eigenvalue weighted by molar-refractivity contribution is 0.434. The fraction of sp³-hybridized carbons (Fsp3) is 0.667. The lowest BCUT2D eigenvalue weighted by Gasteiger charge is -2.21. The molecule has 2 rings (SSSR count). The number of hydrogen-bond acceptors (Lipinski definition) is 3. The van der Waals surface area contributed by atoms with E-state index in [9.17, 15) is 0 Å². The number of anilines is 1. The van der Waals surface area contributed by atoms with E-state index in [0.717, 1.165) is 5.82 Å². The summed E-state index contributed by atoms with van der Waals surface area (Å²) in [5, 5.41) is 11.6. The minimum Gasteiger partial charge on any atom is -0.371 e. The van der Waals surface area contributed by atoms with E-state index in [1.807, 2.05) is 7.05 Å². The van der Waals surface area contributed by atoms with Crippen LogP contribution in [0, 0.1) is 6.92 Å². The Bertz CT molecular complexity index is 330. The summed E-state index contributed by atoms with van der Waals surface area (Å²) in [7, 11) is 1.89. The first-order valence-corrected chi connectivity index (χ1v) is 5.83. The molecule has 1 aliphatic carbocycles. The number of aromatic nitrogens is 2. The predicted molar refractivity (Wildman–Crippen MR) is 62.1 cm³/mol. The molecule has 0 atom stereocenters. The average Bonchev–Trinajstić information content (AvgIpc) is 2.30. The summed E-state index contributed by atoms with van der Waals surface area (Å²) in [5.74, 6) is 1.55. The molecule has 0 bridgehead atoms. The van der Waals surface area contributed by atoms with Gasteiger partial charge in [0.1, 0.15) is 0 Å². The van der Waals surface area contributed by atoms with Gasteiger partial charge in [-0.2, -0.15) is 5.10 Å². The van der Waals surface area contributed by atoms with E-state index in [1.54, 1.807) is 0 Å². The Hall–Kier alpha value is -1.12. The van der Waals surface area contributed by atoms with Crippen molar-refractivity contribution >= 4 is 5.82 Å². The molecule has 0 aliphatic heterocycles. The highest BCUT2D eigenvalue weighted by molar-refractivity contribution is 5.42. The Balaban J connectivity index is 2.17. The van der Waals surface area contributed by atoms with Crippen LogP contribution in [-0.4, -0.2) is 17.2 Å². The molecule has 3 heteroatoms. The standard InChI is InChI=1S/C12H19N3/c1-9-8-11(14-15-12(9)13-2)10-6-4-3-5-7-10/h8,10H,3-7H2,1-2H3,(H,13,15). The summed E-state index contributed by atoms with van der Waals surface area (Å²) in [6, 6.07) is 2.19. The summed E-state index contributed by atoms with van der Waals surface area (Å²) < 4.78 is 0. The zero-order valence-corrected chi connectivity index (χ0v) is 9.58. The van der Waals surface area contributed by atoms with E-state index in [-0.39, 0.29) is 0 Å². The van der Waals surface area contributed by atoms with Crippen molar-refractivity contribution in [2.24, 2.45) is 0 Å². The molecule has 0 unspecified atom stereocenters. The first kappa shape index (κ1) is 10.4. The van der Waals surface area contributed by atoms with Crippen molar-refractivity contribution in [2.45, 2.75) is 44.9 Å². The van der Waals surface area contributed by atoms with Crippen LogP contribution in [0.1, 0.15) is 49.3 Å². The van der Waals surface area contributed by atoms with Crippen LogP contribution in [0.4, 0.5) is 5.82 Å². The molecule has 82 valence electrons. The molecule has 0 amide bonds. The molecule has 1 heterocycles. The van der Waals surface area contributed by atoms with Crippen LogP contribution in [0.5, 0.6) is 0 Å². The molecule has 0 aromatic carbocycles. The molecule has 15 heavy (non-hydrogen) atoms. The van der Waals surface area contributed by atoms with Gasteiger partial charge in [0, 0.05) is 13.0 Å². The van der Waals surface area contributed by atoms with Gasteiger partial charge in [0.05, 0.1) is 5.69 Å². The van der Waals surface area contributed by atoms with Gasteiger partial charge in [0.25, 0.3) is 0 Å². The largest absolute Gasteiger partial charge is 0.371 e. The van der Waals surface area contributed by atoms with Crippen molar-refractivity contribution in [2.75, 3.05) is 12.4 Å². The third-order valence-corrected chi connectivity index (χ3v) is 3.26. The van der Waals surface area contributed by atoms with Crippen molar-refractivity contribution in [1.29, 1.82) is 0 Å². The van der Waals surface area contributed by atoms with E-state index in [2.05, 4.69) is 28.5 Å². The normalized spacial score (nSPS) is 17.7. The van der Waals surface area contributed by atoms with Crippen LogP contribution in [0.2, 0.25) is 0 Å². The smallest absolute Gasteiger partial charge is 0.151 e. The minimum atomic E-state index is 0.649. The first-order chi connectivity index (χ1) is 7.31. The molecule has 1 saturated carbocycles. The molecule has 3 nitrogen and oxygen atoms in total. The van der Waals surface area contributed by atoms with Crippen molar-refractivity contribution in [3.63, 3.8) is 0 Å². The maximum absolute atomic E-state index is 4.32. The molecule has 0 spiro atoms. The maximum atomic E-state index is 4.32. The van der Waals surface area contributed by atoms with Gasteiger partial charge in [0.2, 0.25) is 0 Å². The van der Waals surface area contributed by atoms with Gasteiger partial charge in [-0.1, -0.05) is 19.3 Å². The molecule has 1 N–H and O–H groups in total. The van der Waals surface area contributed by atoms with E-state index in [0.29, 0.717) is 5.92 Å². The lowest BCUT2D eigenvalue weighted by atomic mass is 9.86. The van der Waals surface area contributed by atoms with E-state index in [1.165, 1.54) is 43.4 Å². The van der Waals surface area contributed by atoms with Gasteiger partial charge in [-0.25, -0.2) is 0 Å². The number of hydrogen-bond donors (Lipinski definition) is 1. The second-order valence-corrected chi connectivity index (χ2v) is 4.39. The van der Waals surface area contributed by atoms with Crippen molar-refractivity contribution in [3.05, 3.63) is 17.3 Å². The Kier molecular flexibility index (Phi) is 3.19. The Morgan fingerprint density at radius 2 is 1.93 bits per heavy atom. The minimum absolute atomic E-state index is 0.649. The van der Waals surface area contributed by atoms with E-state index < -0.39 is 0 Å². The Labute approximate surface area is 91.3 Å². The Morgan fingerprint density at radius 1 is 1.20 bits per heavy atom. The summed E-state index contributed by atoms with van der Waals surface area (Å²) in [6.07, 6.45) is 6.65. The predicted octanol–water partition coefficient (Wildman–Crippen LogP) is 2.87. The van der Waals surface area contributed by atoms with E-state index >= 15 is 0 Å². The third kappa shape index (κ3) is 2.28. The molecular weight excluding hydrogens is 186 g/mol. The van der Waals surface area contributed by atoms with Crippen LogP contribution in [0.15, 0.2) is 6.07 Å². The SMILES string of the molecule is CNc1nnc(C2CCCCC2)cc1C. The zero-order chi connectivity index (χ0) is 10.7. The third-order valence-electron chi connectivity index (χ3n) is 3.26. The average molecular weight is 205 g/mol. The van der Waals surface area contributed by atoms with Gasteiger partial charge >= 0.3 is 0 Å². The van der Waals surface area contributed by atoms with Crippen LogP contribution < -0.4 is 5.32 Å². The van der Waals surface area contributed by atoms with Gasteiger partial charge < -0.3 is 5.32 Å². The quantitative estimate of drug-likeness (QED) is 0.806. The fourth-order valence-electron chi connectivity index (χ4n) is 2.35. The molecular formula is C12H19N3. The number of nitrogens with one attached hydrogen (secondary N) is 1. The summed E-state index contributed by atoms with van der Waals surface area (Å²) >= 11 is 0. The highest BCUT2D eigenvalue weighted by Crippen LogP contribution is 2.31. The number of nitrogens with zero attached hydrogens (tertiary/aromatic N) is 2. The molecule has 1 aliphatic rings. The van der Waals surface area contributed by atoms with Crippen LogP contribution in [0.25, 0.3) is 0 Å². The van der Waals surface area contributed by atoms with E-state index in [4.69, 9.17) is 0 Å². The fourth-order valence-corrected chi connectivity index (χ4v) is 2.35. The van der Waals surface area contributed by atoms with Crippen LogP contribution in [0.3, 0.4) is 0 Å². The second kappa shape index (κ2) is 4.60. The van der Waals surface area contributed by atoms with Crippen molar-refractivity contribution < 1.29 is 0 Å². The van der Waals surface area contributed by atoms with Crippen molar-refractivity contribution in [3.8, 4) is 0 Å². The van der Waals surface area contributed by atoms with Gasteiger partial charge in [0.15, 0.2) is 5.82 Å². The molecule has 0 saturated heterocycles. The maximum Gasteiger partial charge on any atom is 0.151 e. The first-order valence-electron chi connectivity index (χ1n) is 5.83. The van der Waals surface area contributed by atoms with Gasteiger partial charge in [-0.05, 0) is 31.4 Å². The zero-order valence-electron chi connectivity index (χ0n) is 9.58. The highest BCUT2D eigenvalue weighted by atomic mass is 15.2. The van der Waals surface area contributed by atoms with Gasteiger partial charge in [-0.3, -0.25) is 0 Å². The van der Waals surface area contributed by atoms with Crippen molar-refractivity contribution in [1.82, 2.24) is 10.2 Å². The lowest BCUT2D eigenvalue weighted by Crippen LogP contribution is -2.09. The monoisotopic (exact) mass is 205 g/mol. The summed E-state index contributed by atoms with van der Waals surface area (Å²) in [6.45, 7) is 2.09. The number of rotatable bonds is 2. The topological polar surface area (TPSA) is 37.8 Å². The second-order valence-electron chi connectivity index (χ2n) is 4.39. The van der Waals surface area contributed by atoms with Crippen LogP contribution >= 0.6 is 0 Å². The molecule has 0 radical (unpaired) electrons. The summed E-state index contributed by atoms with van der Waals surface area (Å²) in [5.41, 5.74) is 2.39. The molecule has 1 aromatic heterocycles. The molecule has 1 fully saturated rings. The Morgan fingerprint density at radius 3 is 2.53 bits per heavy atom. The molecule has 1 aromatic rings. The van der Waals surface area contributed by atoms with Crippen LogP contribution in [-0.2, 0) is 0 Å².